The van der Waals surface area contributed by atoms with Crippen LogP contribution in [0.25, 0.3) is 0 Å². The second-order valence-electron chi connectivity index (χ2n) is 6.00. The Morgan fingerprint density at radius 1 is 0.941 bits per heavy atom. The minimum atomic E-state index is 0.720. The van der Waals surface area contributed by atoms with Gasteiger partial charge in [0.25, 0.3) is 0 Å². The molecule has 0 spiro atoms. The first-order valence-corrected chi connectivity index (χ1v) is 7.94. The summed E-state index contributed by atoms with van der Waals surface area (Å²) < 4.78 is 0. The van der Waals surface area contributed by atoms with Crippen LogP contribution in [-0.2, 0) is 0 Å². The Hall–Kier alpha value is 0.310. The predicted molar refractivity (Wildman–Crippen MR) is 83.0 cm³/mol. The standard InChI is InChI=1S/C15H33NS/c1-7-15(8-2)16(9-12(3)4)10-14(11-17)13(5)6/h12-15,17H,7-11H2,1-6H3. The Balaban J connectivity index is 4.55. The summed E-state index contributed by atoms with van der Waals surface area (Å²) in [7, 11) is 0. The zero-order chi connectivity index (χ0) is 13.4. The molecule has 0 aliphatic rings. The lowest BCUT2D eigenvalue weighted by Gasteiger charge is -2.35. The minimum Gasteiger partial charge on any atom is -0.300 e. The Labute approximate surface area is 115 Å². The van der Waals surface area contributed by atoms with Crippen molar-refractivity contribution in [3.8, 4) is 0 Å². The molecule has 0 aromatic heterocycles. The largest absolute Gasteiger partial charge is 0.300 e. The molecule has 0 aromatic carbocycles. The van der Waals surface area contributed by atoms with E-state index < -0.39 is 0 Å². The van der Waals surface area contributed by atoms with Crippen LogP contribution in [0.4, 0.5) is 0 Å². The second kappa shape index (κ2) is 9.27. The molecule has 0 rings (SSSR count). The van der Waals surface area contributed by atoms with Crippen LogP contribution >= 0.6 is 12.6 Å². The van der Waals surface area contributed by atoms with Gasteiger partial charge in [0.2, 0.25) is 0 Å². The third-order valence-electron chi connectivity index (χ3n) is 3.70. The summed E-state index contributed by atoms with van der Waals surface area (Å²) in [5.41, 5.74) is 0. The molecular weight excluding hydrogens is 226 g/mol. The van der Waals surface area contributed by atoms with Crippen molar-refractivity contribution in [3.63, 3.8) is 0 Å². The van der Waals surface area contributed by atoms with Crippen LogP contribution in [0.15, 0.2) is 0 Å². The fraction of sp³-hybridized carbons (Fsp3) is 1.00. The van der Waals surface area contributed by atoms with Crippen molar-refractivity contribution in [2.24, 2.45) is 17.8 Å². The SMILES string of the molecule is CCC(CC)N(CC(C)C)CC(CS)C(C)C. The van der Waals surface area contributed by atoms with E-state index in [0.717, 1.165) is 29.5 Å². The first-order chi connectivity index (χ1) is 7.96. The van der Waals surface area contributed by atoms with Gasteiger partial charge >= 0.3 is 0 Å². The highest BCUT2D eigenvalue weighted by atomic mass is 32.1. The lowest BCUT2D eigenvalue weighted by Crippen LogP contribution is -2.42. The van der Waals surface area contributed by atoms with Crippen molar-refractivity contribution in [1.82, 2.24) is 4.90 Å². The van der Waals surface area contributed by atoms with Crippen molar-refractivity contribution in [1.29, 1.82) is 0 Å². The van der Waals surface area contributed by atoms with Gasteiger partial charge in [0, 0.05) is 19.1 Å². The van der Waals surface area contributed by atoms with E-state index in [1.165, 1.54) is 25.9 Å². The lowest BCUT2D eigenvalue weighted by atomic mass is 9.95. The van der Waals surface area contributed by atoms with Crippen LogP contribution in [-0.4, -0.2) is 29.8 Å². The smallest absolute Gasteiger partial charge is 0.00902 e. The summed E-state index contributed by atoms with van der Waals surface area (Å²) in [5.74, 6) is 3.21. The van der Waals surface area contributed by atoms with Crippen LogP contribution in [0.3, 0.4) is 0 Å². The molecule has 0 saturated heterocycles. The van der Waals surface area contributed by atoms with Gasteiger partial charge < -0.3 is 0 Å². The summed E-state index contributed by atoms with van der Waals surface area (Å²) in [5, 5.41) is 0. The summed E-state index contributed by atoms with van der Waals surface area (Å²) in [6.45, 7) is 16.3. The van der Waals surface area contributed by atoms with E-state index in [4.69, 9.17) is 0 Å². The number of hydrogen-bond acceptors (Lipinski definition) is 2. The molecule has 0 aliphatic carbocycles. The Bertz CT molecular complexity index is 176. The molecule has 0 bridgehead atoms. The van der Waals surface area contributed by atoms with Crippen molar-refractivity contribution in [2.75, 3.05) is 18.8 Å². The van der Waals surface area contributed by atoms with Gasteiger partial charge in [0.05, 0.1) is 0 Å². The van der Waals surface area contributed by atoms with Crippen LogP contribution in [0, 0.1) is 17.8 Å². The quantitative estimate of drug-likeness (QED) is 0.603. The maximum Gasteiger partial charge on any atom is 0.00902 e. The summed E-state index contributed by atoms with van der Waals surface area (Å²) in [4.78, 5) is 2.70. The van der Waals surface area contributed by atoms with Gasteiger partial charge in [-0.1, -0.05) is 41.5 Å². The molecule has 2 heteroatoms. The second-order valence-corrected chi connectivity index (χ2v) is 6.37. The van der Waals surface area contributed by atoms with Gasteiger partial charge in [0.15, 0.2) is 0 Å². The predicted octanol–water partition coefficient (Wildman–Crippen LogP) is 4.34. The van der Waals surface area contributed by atoms with E-state index in [2.05, 4.69) is 59.1 Å². The van der Waals surface area contributed by atoms with Crippen LogP contribution in [0.2, 0.25) is 0 Å². The highest BCUT2D eigenvalue weighted by Crippen LogP contribution is 2.19. The molecule has 0 N–H and O–H groups in total. The van der Waals surface area contributed by atoms with E-state index in [0.29, 0.717) is 0 Å². The molecule has 0 amide bonds. The van der Waals surface area contributed by atoms with Gasteiger partial charge in [-0.25, -0.2) is 0 Å². The fourth-order valence-electron chi connectivity index (χ4n) is 2.43. The topological polar surface area (TPSA) is 3.24 Å². The molecule has 1 unspecified atom stereocenters. The third-order valence-corrected chi connectivity index (χ3v) is 4.17. The van der Waals surface area contributed by atoms with E-state index in [-0.39, 0.29) is 0 Å². The van der Waals surface area contributed by atoms with E-state index in [9.17, 15) is 0 Å². The van der Waals surface area contributed by atoms with Crippen molar-refractivity contribution in [3.05, 3.63) is 0 Å². The molecule has 1 atom stereocenters. The van der Waals surface area contributed by atoms with Gasteiger partial charge in [0.1, 0.15) is 0 Å². The summed E-state index contributed by atoms with van der Waals surface area (Å²) in [6.07, 6.45) is 2.53. The molecule has 0 fully saturated rings. The number of rotatable bonds is 9. The first-order valence-electron chi connectivity index (χ1n) is 7.31. The highest BCUT2D eigenvalue weighted by molar-refractivity contribution is 7.80. The van der Waals surface area contributed by atoms with Crippen LogP contribution < -0.4 is 0 Å². The molecule has 0 aliphatic heterocycles. The van der Waals surface area contributed by atoms with Gasteiger partial charge in [-0.05, 0) is 36.3 Å². The zero-order valence-corrected chi connectivity index (χ0v) is 13.6. The van der Waals surface area contributed by atoms with E-state index in [1.807, 2.05) is 0 Å². The van der Waals surface area contributed by atoms with Crippen molar-refractivity contribution < 1.29 is 0 Å². The molecule has 104 valence electrons. The number of nitrogens with zero attached hydrogens (tertiary/aromatic N) is 1. The highest BCUT2D eigenvalue weighted by Gasteiger charge is 2.21. The fourth-order valence-corrected chi connectivity index (χ4v) is 2.96. The minimum absolute atomic E-state index is 0.720. The van der Waals surface area contributed by atoms with Crippen LogP contribution in [0.5, 0.6) is 0 Å². The van der Waals surface area contributed by atoms with Crippen molar-refractivity contribution >= 4 is 12.6 Å². The Morgan fingerprint density at radius 2 is 1.47 bits per heavy atom. The third kappa shape index (κ3) is 6.71. The van der Waals surface area contributed by atoms with Gasteiger partial charge in [-0.2, -0.15) is 12.6 Å². The molecule has 0 heterocycles. The zero-order valence-electron chi connectivity index (χ0n) is 12.7. The first kappa shape index (κ1) is 17.3. The van der Waals surface area contributed by atoms with Gasteiger partial charge in [-0.3, -0.25) is 4.90 Å². The summed E-state index contributed by atoms with van der Waals surface area (Å²) >= 11 is 4.52. The average molecular weight is 260 g/mol. The maximum atomic E-state index is 4.52. The van der Waals surface area contributed by atoms with Crippen LogP contribution in [0.1, 0.15) is 54.4 Å². The van der Waals surface area contributed by atoms with Gasteiger partial charge in [-0.15, -0.1) is 0 Å². The molecular formula is C15H33NS. The Morgan fingerprint density at radius 3 is 1.76 bits per heavy atom. The summed E-state index contributed by atoms with van der Waals surface area (Å²) in [6, 6.07) is 0.749. The average Bonchev–Trinajstić information content (AvgIpc) is 2.25. The number of hydrogen-bond donors (Lipinski definition) is 1. The maximum absolute atomic E-state index is 4.52. The molecule has 17 heavy (non-hydrogen) atoms. The van der Waals surface area contributed by atoms with Crippen molar-refractivity contribution in [2.45, 2.75) is 60.4 Å². The van der Waals surface area contributed by atoms with E-state index >= 15 is 0 Å². The monoisotopic (exact) mass is 259 g/mol. The molecule has 0 aromatic rings. The Kier molecular flexibility index (Phi) is 9.44. The normalized spacial score (nSPS) is 14.3. The molecule has 0 radical (unpaired) electrons. The molecule has 1 nitrogen and oxygen atoms in total. The lowest BCUT2D eigenvalue weighted by molar-refractivity contribution is 0.132. The number of thiol groups is 1. The molecule has 0 saturated carbocycles. The van der Waals surface area contributed by atoms with E-state index in [1.54, 1.807) is 0 Å².